The van der Waals surface area contributed by atoms with Crippen molar-refractivity contribution in [1.29, 1.82) is 0 Å². The van der Waals surface area contributed by atoms with Gasteiger partial charge in [0.2, 0.25) is 0 Å². The van der Waals surface area contributed by atoms with Gasteiger partial charge in [-0.2, -0.15) is 0 Å². The van der Waals surface area contributed by atoms with Crippen molar-refractivity contribution >= 4 is 11.8 Å². The van der Waals surface area contributed by atoms with Gasteiger partial charge in [0.1, 0.15) is 0 Å². The van der Waals surface area contributed by atoms with Crippen molar-refractivity contribution < 1.29 is 0 Å². The van der Waals surface area contributed by atoms with Crippen molar-refractivity contribution in [3.8, 4) is 0 Å². The molecule has 0 unspecified atom stereocenters. The lowest BCUT2D eigenvalue weighted by molar-refractivity contribution is 1.29. The number of nitrogens with zero attached hydrogens (tertiary/aromatic N) is 1. The lowest BCUT2D eigenvalue weighted by Crippen LogP contribution is -1.98. The van der Waals surface area contributed by atoms with E-state index in [1.807, 2.05) is 46.8 Å². The number of aromatic nitrogens is 1. The first kappa shape index (κ1) is 16.8. The summed E-state index contributed by atoms with van der Waals surface area (Å²) in [6.45, 7) is 13.6. The van der Waals surface area contributed by atoms with E-state index in [-0.39, 0.29) is 0 Å². The highest BCUT2D eigenvalue weighted by Gasteiger charge is 1.99. The van der Waals surface area contributed by atoms with Crippen LogP contribution in [0.25, 0.3) is 11.8 Å². The van der Waals surface area contributed by atoms with Gasteiger partial charge in [-0.25, -0.2) is 0 Å². The second-order valence-electron chi connectivity index (χ2n) is 2.41. The Labute approximate surface area is 99.9 Å². The van der Waals surface area contributed by atoms with Crippen LogP contribution >= 0.6 is 0 Å². The number of hydrogen-bond donors (Lipinski definition) is 1. The Morgan fingerprint density at radius 3 is 2.31 bits per heavy atom. The predicted molar refractivity (Wildman–Crippen MR) is 74.9 cm³/mol. The summed E-state index contributed by atoms with van der Waals surface area (Å²) in [6, 6.07) is 1.88. The van der Waals surface area contributed by atoms with Crippen molar-refractivity contribution in [3.63, 3.8) is 0 Å². The van der Waals surface area contributed by atoms with Crippen LogP contribution in [-0.4, -0.2) is 4.98 Å². The molecule has 2 nitrogen and oxygen atoms in total. The average molecular weight is 220 g/mol. The van der Waals surface area contributed by atoms with Crippen LogP contribution < -0.4 is 5.73 Å². The van der Waals surface area contributed by atoms with Gasteiger partial charge in [0.05, 0.1) is 0 Å². The van der Waals surface area contributed by atoms with Gasteiger partial charge in [-0.05, 0) is 13.0 Å². The van der Waals surface area contributed by atoms with E-state index in [2.05, 4.69) is 11.6 Å². The van der Waals surface area contributed by atoms with E-state index in [4.69, 9.17) is 5.73 Å². The first-order valence-corrected chi connectivity index (χ1v) is 5.78. The molecule has 0 amide bonds. The van der Waals surface area contributed by atoms with Crippen molar-refractivity contribution in [2.24, 2.45) is 5.73 Å². The predicted octanol–water partition coefficient (Wildman–Crippen LogP) is 4.10. The fraction of sp³-hybridized carbons (Fsp3) is 0.357. The van der Waals surface area contributed by atoms with Crippen LogP contribution in [0.3, 0.4) is 0 Å². The van der Waals surface area contributed by atoms with Gasteiger partial charge in [-0.1, -0.05) is 46.4 Å². The van der Waals surface area contributed by atoms with Crippen molar-refractivity contribution in [2.75, 3.05) is 0 Å². The summed E-state index contributed by atoms with van der Waals surface area (Å²) in [7, 11) is 0. The molecule has 0 aromatic carbocycles. The lowest BCUT2D eigenvalue weighted by Gasteiger charge is -2.03. The third-order valence-electron chi connectivity index (χ3n) is 1.69. The molecule has 1 heterocycles. The Morgan fingerprint density at radius 2 is 1.88 bits per heavy atom. The smallest absolute Gasteiger partial charge is 0.0351 e. The zero-order valence-corrected chi connectivity index (χ0v) is 11.1. The Bertz CT molecular complexity index is 314. The number of allylic oxidation sites excluding steroid dienone is 1. The van der Waals surface area contributed by atoms with E-state index in [0.29, 0.717) is 0 Å². The van der Waals surface area contributed by atoms with Crippen molar-refractivity contribution in [3.05, 3.63) is 42.2 Å². The van der Waals surface area contributed by atoms with E-state index in [0.717, 1.165) is 16.8 Å². The highest BCUT2D eigenvalue weighted by molar-refractivity contribution is 5.71. The molecule has 0 atom stereocenters. The van der Waals surface area contributed by atoms with Gasteiger partial charge in [-0.15, -0.1) is 0 Å². The molecule has 16 heavy (non-hydrogen) atoms. The molecule has 0 aliphatic carbocycles. The lowest BCUT2D eigenvalue weighted by atomic mass is 10.1. The highest BCUT2D eigenvalue weighted by atomic mass is 14.6. The van der Waals surface area contributed by atoms with Crippen LogP contribution in [0.5, 0.6) is 0 Å². The summed E-state index contributed by atoms with van der Waals surface area (Å²) in [5.41, 5.74) is 8.47. The minimum atomic E-state index is 0.757. The first-order valence-electron chi connectivity index (χ1n) is 5.78. The molecule has 0 radical (unpaired) electrons. The quantitative estimate of drug-likeness (QED) is 0.815. The van der Waals surface area contributed by atoms with Gasteiger partial charge in [0, 0.05) is 29.2 Å². The van der Waals surface area contributed by atoms with E-state index in [9.17, 15) is 0 Å². The number of rotatable bonds is 2. The second-order valence-corrected chi connectivity index (χ2v) is 2.41. The van der Waals surface area contributed by atoms with Crippen LogP contribution in [0.4, 0.5) is 0 Å². The normalized spacial score (nSPS) is 9.19. The molecule has 0 spiro atoms. The Balaban J connectivity index is 0. The van der Waals surface area contributed by atoms with Gasteiger partial charge in [0.15, 0.2) is 0 Å². The van der Waals surface area contributed by atoms with E-state index in [1.165, 1.54) is 0 Å². The van der Waals surface area contributed by atoms with Crippen molar-refractivity contribution in [2.45, 2.75) is 34.6 Å². The summed E-state index contributed by atoms with van der Waals surface area (Å²) in [5.74, 6) is 0. The van der Waals surface area contributed by atoms with Gasteiger partial charge >= 0.3 is 0 Å². The SMILES string of the molecule is C=Cc1cnccc1/C(N)=C\C.CC.CC. The molecule has 2 heteroatoms. The summed E-state index contributed by atoms with van der Waals surface area (Å²) < 4.78 is 0. The van der Waals surface area contributed by atoms with Crippen LogP contribution in [0, 0.1) is 0 Å². The zero-order chi connectivity index (χ0) is 13.0. The molecule has 0 fully saturated rings. The summed E-state index contributed by atoms with van der Waals surface area (Å²) in [6.07, 6.45) is 7.08. The number of pyridine rings is 1. The molecule has 0 saturated heterocycles. The fourth-order valence-corrected chi connectivity index (χ4v) is 0.988. The molecule has 0 saturated carbocycles. The maximum atomic E-state index is 5.76. The maximum absolute atomic E-state index is 5.76. The van der Waals surface area contributed by atoms with Gasteiger partial charge in [-0.3, -0.25) is 4.98 Å². The second kappa shape index (κ2) is 11.5. The van der Waals surface area contributed by atoms with Gasteiger partial charge in [0.25, 0.3) is 0 Å². The Morgan fingerprint density at radius 1 is 1.31 bits per heavy atom. The largest absolute Gasteiger partial charge is 0.398 e. The third-order valence-corrected chi connectivity index (χ3v) is 1.69. The fourth-order valence-electron chi connectivity index (χ4n) is 0.988. The van der Waals surface area contributed by atoms with Gasteiger partial charge < -0.3 is 5.73 Å². The minimum Gasteiger partial charge on any atom is -0.398 e. The first-order chi connectivity index (χ1) is 7.79. The monoisotopic (exact) mass is 220 g/mol. The van der Waals surface area contributed by atoms with E-state index in [1.54, 1.807) is 18.5 Å². The number of nitrogens with two attached hydrogens (primary N) is 1. The Kier molecular flexibility index (Phi) is 12.1. The molecule has 1 rings (SSSR count). The minimum absolute atomic E-state index is 0.757. The average Bonchev–Trinajstić information content (AvgIpc) is 2.42. The summed E-state index contributed by atoms with van der Waals surface area (Å²) in [5, 5.41) is 0. The molecular weight excluding hydrogens is 196 g/mol. The standard InChI is InChI=1S/C10H12N2.2C2H6/c1-3-8-7-12-6-5-9(8)10(11)4-2;2*1-2/h3-7H,1,11H2,2H3;2*1-2H3/b10-4+;;. The highest BCUT2D eigenvalue weighted by Crippen LogP contribution is 2.14. The van der Waals surface area contributed by atoms with E-state index < -0.39 is 0 Å². The van der Waals surface area contributed by atoms with E-state index >= 15 is 0 Å². The molecule has 0 aliphatic rings. The third kappa shape index (κ3) is 5.35. The Hall–Kier alpha value is -1.57. The maximum Gasteiger partial charge on any atom is 0.0351 e. The molecule has 2 N–H and O–H groups in total. The van der Waals surface area contributed by atoms with Crippen LogP contribution in [0.15, 0.2) is 31.1 Å². The topological polar surface area (TPSA) is 38.9 Å². The van der Waals surface area contributed by atoms with Crippen LogP contribution in [0.1, 0.15) is 45.7 Å². The van der Waals surface area contributed by atoms with Crippen LogP contribution in [0.2, 0.25) is 0 Å². The van der Waals surface area contributed by atoms with Crippen molar-refractivity contribution in [1.82, 2.24) is 4.98 Å². The molecule has 90 valence electrons. The molecular formula is C14H24N2. The molecule has 0 aliphatic heterocycles. The molecule has 1 aromatic heterocycles. The summed E-state index contributed by atoms with van der Waals surface area (Å²) in [4.78, 5) is 3.98. The summed E-state index contributed by atoms with van der Waals surface area (Å²) >= 11 is 0. The molecule has 0 bridgehead atoms. The van der Waals surface area contributed by atoms with Crippen LogP contribution in [-0.2, 0) is 0 Å². The zero-order valence-electron chi connectivity index (χ0n) is 11.1. The number of hydrogen-bond acceptors (Lipinski definition) is 2. The molecule has 1 aromatic rings.